The van der Waals surface area contributed by atoms with Crippen molar-refractivity contribution in [3.8, 4) is 0 Å². The molecular formula is C32H37F. The van der Waals surface area contributed by atoms with Crippen molar-refractivity contribution >= 4 is 12.2 Å². The Labute approximate surface area is 199 Å². The Balaban J connectivity index is 1.35. The smallest absolute Gasteiger partial charge is 0.130 e. The minimum Gasteiger partial charge on any atom is -0.206 e. The average molecular weight is 441 g/mol. The summed E-state index contributed by atoms with van der Waals surface area (Å²) in [7, 11) is 0. The van der Waals surface area contributed by atoms with E-state index in [2.05, 4.69) is 74.5 Å². The van der Waals surface area contributed by atoms with Crippen LogP contribution in [0.15, 0.2) is 72.8 Å². The third kappa shape index (κ3) is 6.44. The van der Waals surface area contributed by atoms with Crippen molar-refractivity contribution in [2.45, 2.75) is 70.6 Å². The lowest BCUT2D eigenvalue weighted by Crippen LogP contribution is -2.13. The van der Waals surface area contributed by atoms with E-state index in [1.165, 1.54) is 55.2 Å². The summed E-state index contributed by atoms with van der Waals surface area (Å²) < 4.78 is 14.8. The maximum absolute atomic E-state index is 14.8. The van der Waals surface area contributed by atoms with E-state index in [0.717, 1.165) is 17.9 Å². The number of benzene rings is 3. The van der Waals surface area contributed by atoms with Crippen molar-refractivity contribution in [3.05, 3.63) is 106 Å². The van der Waals surface area contributed by atoms with Gasteiger partial charge in [0, 0.05) is 5.56 Å². The lowest BCUT2D eigenvalue weighted by Gasteiger charge is -2.28. The van der Waals surface area contributed by atoms with Crippen molar-refractivity contribution in [1.82, 2.24) is 0 Å². The number of hydrogen-bond acceptors (Lipinski definition) is 0. The molecule has 1 heteroatoms. The zero-order chi connectivity index (χ0) is 23.0. The first-order chi connectivity index (χ1) is 16.1. The molecule has 0 amide bonds. The van der Waals surface area contributed by atoms with E-state index in [0.29, 0.717) is 17.4 Å². The normalized spacial score (nSPS) is 19.6. The topological polar surface area (TPSA) is 0 Å². The first kappa shape index (κ1) is 23.5. The van der Waals surface area contributed by atoms with Crippen molar-refractivity contribution in [2.75, 3.05) is 0 Å². The van der Waals surface area contributed by atoms with Gasteiger partial charge in [-0.1, -0.05) is 106 Å². The van der Waals surface area contributed by atoms with Crippen LogP contribution >= 0.6 is 0 Å². The van der Waals surface area contributed by atoms with Crippen LogP contribution in [0.1, 0.15) is 92.0 Å². The van der Waals surface area contributed by atoms with Crippen LogP contribution in [0, 0.1) is 11.7 Å². The van der Waals surface area contributed by atoms with Crippen LogP contribution in [0.3, 0.4) is 0 Å². The van der Waals surface area contributed by atoms with E-state index >= 15 is 0 Å². The summed E-state index contributed by atoms with van der Waals surface area (Å²) >= 11 is 0. The molecule has 3 aromatic rings. The molecule has 0 aliphatic heterocycles. The molecular weight excluding hydrogens is 403 g/mol. The molecule has 1 aliphatic rings. The summed E-state index contributed by atoms with van der Waals surface area (Å²) in [6.45, 7) is 4.54. The lowest BCUT2D eigenvalue weighted by molar-refractivity contribution is 0.308. The molecule has 0 unspecified atom stereocenters. The molecule has 0 saturated heterocycles. The Morgan fingerprint density at radius 1 is 0.879 bits per heavy atom. The van der Waals surface area contributed by atoms with Gasteiger partial charge in [-0.05, 0) is 78.2 Å². The van der Waals surface area contributed by atoms with Crippen LogP contribution in [0.25, 0.3) is 12.2 Å². The molecule has 0 spiro atoms. The van der Waals surface area contributed by atoms with E-state index in [1.54, 1.807) is 6.07 Å². The number of halogens is 1. The van der Waals surface area contributed by atoms with Crippen molar-refractivity contribution in [3.63, 3.8) is 0 Å². The highest BCUT2D eigenvalue weighted by Gasteiger charge is 2.22. The number of rotatable bonds is 8. The van der Waals surface area contributed by atoms with E-state index in [4.69, 9.17) is 0 Å². The van der Waals surface area contributed by atoms with Crippen LogP contribution in [0.2, 0.25) is 0 Å². The molecule has 33 heavy (non-hydrogen) atoms. The molecule has 1 fully saturated rings. The summed E-state index contributed by atoms with van der Waals surface area (Å²) in [6.07, 6.45) is 12.5. The van der Waals surface area contributed by atoms with Gasteiger partial charge in [0.05, 0.1) is 0 Å². The van der Waals surface area contributed by atoms with Crippen LogP contribution in [0.5, 0.6) is 0 Å². The lowest BCUT2D eigenvalue weighted by atomic mass is 9.77. The minimum absolute atomic E-state index is 0.104. The molecule has 0 heterocycles. The van der Waals surface area contributed by atoms with E-state index in [-0.39, 0.29) is 5.82 Å². The standard InChI is InChI=1S/C32H37F/c1-3-7-25-14-17-29(18-15-25)31-21-20-30(32(33)23-31)19-16-26-10-12-27(13-11-26)22-24(2)28-8-5-4-6-9-28/h4-6,8-13,16,19-21,23-25,29H,3,7,14-15,17-18,22H2,1-2H3/t24-,25?,29?/m1/s1. The second kappa shape index (κ2) is 11.5. The molecule has 3 aromatic carbocycles. The van der Waals surface area contributed by atoms with E-state index < -0.39 is 0 Å². The third-order valence-corrected chi connectivity index (χ3v) is 7.39. The molecule has 172 valence electrons. The van der Waals surface area contributed by atoms with Gasteiger partial charge in [0.1, 0.15) is 5.82 Å². The summed E-state index contributed by atoms with van der Waals surface area (Å²) in [4.78, 5) is 0. The predicted molar refractivity (Wildman–Crippen MR) is 140 cm³/mol. The molecule has 0 nitrogen and oxygen atoms in total. The highest BCUT2D eigenvalue weighted by molar-refractivity contribution is 5.70. The highest BCUT2D eigenvalue weighted by atomic mass is 19.1. The summed E-state index contributed by atoms with van der Waals surface area (Å²) in [6, 6.07) is 25.2. The quantitative estimate of drug-likeness (QED) is 0.306. The molecule has 0 aromatic heterocycles. The van der Waals surface area contributed by atoms with Gasteiger partial charge in [0.25, 0.3) is 0 Å². The predicted octanol–water partition coefficient (Wildman–Crippen LogP) is 9.42. The molecule has 1 aliphatic carbocycles. The fourth-order valence-corrected chi connectivity index (χ4v) is 5.33. The van der Waals surface area contributed by atoms with Crippen LogP contribution in [0.4, 0.5) is 4.39 Å². The maximum Gasteiger partial charge on any atom is 0.130 e. The Morgan fingerprint density at radius 2 is 1.61 bits per heavy atom. The van der Waals surface area contributed by atoms with Gasteiger partial charge in [-0.2, -0.15) is 0 Å². The van der Waals surface area contributed by atoms with Crippen molar-refractivity contribution < 1.29 is 4.39 Å². The SMILES string of the molecule is CCCC1CCC(c2ccc(C=Cc3ccc(C[C@@H](C)c4ccccc4)cc3)c(F)c2)CC1. The molecule has 0 radical (unpaired) electrons. The van der Waals surface area contributed by atoms with Crippen LogP contribution in [-0.4, -0.2) is 0 Å². The van der Waals surface area contributed by atoms with Gasteiger partial charge < -0.3 is 0 Å². The fourth-order valence-electron chi connectivity index (χ4n) is 5.33. The third-order valence-electron chi connectivity index (χ3n) is 7.39. The Kier molecular flexibility index (Phi) is 8.15. The van der Waals surface area contributed by atoms with Gasteiger partial charge in [-0.15, -0.1) is 0 Å². The van der Waals surface area contributed by atoms with E-state index in [9.17, 15) is 4.39 Å². The summed E-state index contributed by atoms with van der Waals surface area (Å²) in [5, 5.41) is 0. The summed E-state index contributed by atoms with van der Waals surface area (Å²) in [5.74, 6) is 1.79. The Morgan fingerprint density at radius 3 is 2.27 bits per heavy atom. The van der Waals surface area contributed by atoms with Gasteiger partial charge in [-0.25, -0.2) is 4.39 Å². The second-order valence-electron chi connectivity index (χ2n) is 9.88. The zero-order valence-corrected chi connectivity index (χ0v) is 20.1. The first-order valence-corrected chi connectivity index (χ1v) is 12.7. The first-order valence-electron chi connectivity index (χ1n) is 12.7. The molecule has 1 saturated carbocycles. The van der Waals surface area contributed by atoms with Gasteiger partial charge in [-0.3, -0.25) is 0 Å². The van der Waals surface area contributed by atoms with E-state index in [1.807, 2.05) is 18.2 Å². The van der Waals surface area contributed by atoms with Gasteiger partial charge in [0.2, 0.25) is 0 Å². The molecule has 1 atom stereocenters. The maximum atomic E-state index is 14.8. The number of hydrogen-bond donors (Lipinski definition) is 0. The second-order valence-corrected chi connectivity index (χ2v) is 9.88. The van der Waals surface area contributed by atoms with Gasteiger partial charge in [0.15, 0.2) is 0 Å². The van der Waals surface area contributed by atoms with Crippen molar-refractivity contribution in [1.29, 1.82) is 0 Å². The van der Waals surface area contributed by atoms with Gasteiger partial charge >= 0.3 is 0 Å². The molecule has 0 N–H and O–H groups in total. The van der Waals surface area contributed by atoms with Crippen LogP contribution in [-0.2, 0) is 6.42 Å². The highest BCUT2D eigenvalue weighted by Crippen LogP contribution is 2.38. The largest absolute Gasteiger partial charge is 0.206 e. The Hall–Kier alpha value is -2.67. The zero-order valence-electron chi connectivity index (χ0n) is 20.1. The van der Waals surface area contributed by atoms with Crippen molar-refractivity contribution in [2.24, 2.45) is 5.92 Å². The summed E-state index contributed by atoms with van der Waals surface area (Å²) in [5.41, 5.74) is 5.64. The monoisotopic (exact) mass is 440 g/mol. The van der Waals surface area contributed by atoms with Crippen LogP contribution < -0.4 is 0 Å². The molecule has 4 rings (SSSR count). The molecule has 0 bridgehead atoms. The minimum atomic E-state index is -0.104. The average Bonchev–Trinajstić information content (AvgIpc) is 2.85. The fraction of sp³-hybridized carbons (Fsp3) is 0.375. The Bertz CT molecular complexity index is 1020.